The Morgan fingerprint density at radius 2 is 1.62 bits per heavy atom. The predicted molar refractivity (Wildman–Crippen MR) is 114 cm³/mol. The van der Waals surface area contributed by atoms with Crippen molar-refractivity contribution in [2.24, 2.45) is 0 Å². The second kappa shape index (κ2) is 8.36. The maximum atomic E-state index is 6.30. The van der Waals surface area contributed by atoms with E-state index < -0.39 is 0 Å². The predicted octanol–water partition coefficient (Wildman–Crippen LogP) is 5.22. The van der Waals surface area contributed by atoms with E-state index in [9.17, 15) is 0 Å². The van der Waals surface area contributed by atoms with Crippen molar-refractivity contribution in [3.05, 3.63) is 60.9 Å². The molecule has 4 rings (SSSR count). The Hall–Kier alpha value is -3.32. The molecule has 0 amide bonds. The van der Waals surface area contributed by atoms with E-state index in [1.807, 2.05) is 54.8 Å². The summed E-state index contributed by atoms with van der Waals surface area (Å²) in [7, 11) is 3.20. The number of thioether (sulfide) groups is 1. The fourth-order valence-electron chi connectivity index (χ4n) is 2.97. The van der Waals surface area contributed by atoms with Crippen LogP contribution in [0.25, 0.3) is 22.3 Å². The first-order valence-corrected chi connectivity index (χ1v) is 10.1. The van der Waals surface area contributed by atoms with Gasteiger partial charge in [-0.3, -0.25) is 9.97 Å². The molecule has 0 saturated carbocycles. The average molecular weight is 405 g/mol. The molecule has 0 bridgehead atoms. The topological polar surface area (TPSA) is 66.4 Å². The normalized spacial score (nSPS) is 10.7. The molecule has 1 aromatic carbocycles. The lowest BCUT2D eigenvalue weighted by Crippen LogP contribution is -1.96. The first-order chi connectivity index (χ1) is 14.2. The summed E-state index contributed by atoms with van der Waals surface area (Å²) in [6.45, 7) is 0. The molecule has 146 valence electrons. The van der Waals surface area contributed by atoms with Crippen LogP contribution in [0.5, 0.6) is 23.0 Å². The third-order valence-electron chi connectivity index (χ3n) is 4.38. The van der Waals surface area contributed by atoms with Crippen LogP contribution in [0, 0.1) is 0 Å². The second-order valence-corrected chi connectivity index (χ2v) is 6.88. The summed E-state index contributed by atoms with van der Waals surface area (Å²) in [5.41, 5.74) is 2.17. The maximum absolute atomic E-state index is 6.30. The van der Waals surface area contributed by atoms with Gasteiger partial charge in [0, 0.05) is 23.8 Å². The molecule has 29 heavy (non-hydrogen) atoms. The third-order valence-corrected chi connectivity index (χ3v) is 5.02. The minimum Gasteiger partial charge on any atom is -0.493 e. The molecule has 0 atom stereocenters. The molecule has 0 aliphatic heterocycles. The standard InChI is InChI=1S/C22H19N3O3S/c1-26-19-12-14-16(13-20(19)27-2)24-11-9-17(14)28-18-7-8-21(29-3)25-22(18)15-6-4-5-10-23-15/h4-13H,1-3H3. The van der Waals surface area contributed by atoms with Crippen LogP contribution in [-0.4, -0.2) is 35.4 Å². The van der Waals surface area contributed by atoms with Crippen molar-refractivity contribution in [3.8, 4) is 34.4 Å². The van der Waals surface area contributed by atoms with E-state index in [1.165, 1.54) is 0 Å². The monoisotopic (exact) mass is 405 g/mol. The van der Waals surface area contributed by atoms with Crippen molar-refractivity contribution >= 4 is 22.7 Å². The summed E-state index contributed by atoms with van der Waals surface area (Å²) < 4.78 is 17.1. The Balaban J connectivity index is 1.83. The highest BCUT2D eigenvalue weighted by molar-refractivity contribution is 7.98. The van der Waals surface area contributed by atoms with Crippen molar-refractivity contribution in [1.29, 1.82) is 0 Å². The molecule has 4 aromatic rings. The third kappa shape index (κ3) is 3.82. The van der Waals surface area contributed by atoms with Crippen LogP contribution in [0.4, 0.5) is 0 Å². The van der Waals surface area contributed by atoms with E-state index in [-0.39, 0.29) is 0 Å². The van der Waals surface area contributed by atoms with Gasteiger partial charge in [0.25, 0.3) is 0 Å². The Morgan fingerprint density at radius 3 is 2.34 bits per heavy atom. The number of nitrogens with zero attached hydrogens (tertiary/aromatic N) is 3. The minimum absolute atomic E-state index is 0.610. The van der Waals surface area contributed by atoms with E-state index in [0.29, 0.717) is 28.7 Å². The van der Waals surface area contributed by atoms with Crippen LogP contribution in [0.1, 0.15) is 0 Å². The quantitative estimate of drug-likeness (QED) is 0.407. The molecule has 3 heterocycles. The van der Waals surface area contributed by atoms with Gasteiger partial charge in [0.05, 0.1) is 30.5 Å². The molecule has 0 saturated heterocycles. The van der Waals surface area contributed by atoms with Crippen LogP contribution in [0.3, 0.4) is 0 Å². The highest BCUT2D eigenvalue weighted by atomic mass is 32.2. The van der Waals surface area contributed by atoms with Crippen molar-refractivity contribution in [2.45, 2.75) is 5.03 Å². The van der Waals surface area contributed by atoms with E-state index >= 15 is 0 Å². The zero-order valence-electron chi connectivity index (χ0n) is 16.2. The Kier molecular flexibility index (Phi) is 5.48. The minimum atomic E-state index is 0.610. The second-order valence-electron chi connectivity index (χ2n) is 6.05. The van der Waals surface area contributed by atoms with Crippen LogP contribution in [0.15, 0.2) is 66.0 Å². The van der Waals surface area contributed by atoms with Crippen LogP contribution < -0.4 is 14.2 Å². The summed E-state index contributed by atoms with van der Waals surface area (Å²) >= 11 is 1.57. The van der Waals surface area contributed by atoms with Crippen molar-refractivity contribution in [1.82, 2.24) is 15.0 Å². The van der Waals surface area contributed by atoms with Gasteiger partial charge in [-0.1, -0.05) is 6.07 Å². The number of hydrogen-bond donors (Lipinski definition) is 0. The Morgan fingerprint density at radius 1 is 0.793 bits per heavy atom. The van der Waals surface area contributed by atoms with E-state index in [1.54, 1.807) is 38.4 Å². The summed E-state index contributed by atoms with van der Waals surface area (Å²) in [6, 6.07) is 15.1. The molecule has 0 unspecified atom stereocenters. The lowest BCUT2D eigenvalue weighted by atomic mass is 10.1. The maximum Gasteiger partial charge on any atom is 0.162 e. The van der Waals surface area contributed by atoms with Crippen LogP contribution in [-0.2, 0) is 0 Å². The van der Waals surface area contributed by atoms with E-state index in [0.717, 1.165) is 21.6 Å². The molecule has 6 nitrogen and oxygen atoms in total. The zero-order valence-corrected chi connectivity index (χ0v) is 17.1. The SMILES string of the molecule is COc1cc2nccc(Oc3ccc(SC)nc3-c3ccccn3)c2cc1OC. The van der Waals surface area contributed by atoms with Gasteiger partial charge in [0.1, 0.15) is 11.4 Å². The Labute approximate surface area is 172 Å². The molecule has 3 aromatic heterocycles. The number of pyridine rings is 3. The highest BCUT2D eigenvalue weighted by Crippen LogP contribution is 2.39. The highest BCUT2D eigenvalue weighted by Gasteiger charge is 2.15. The van der Waals surface area contributed by atoms with E-state index in [4.69, 9.17) is 19.2 Å². The number of ether oxygens (including phenoxy) is 3. The van der Waals surface area contributed by atoms with Gasteiger partial charge in [-0.15, -0.1) is 11.8 Å². The largest absolute Gasteiger partial charge is 0.493 e. The molecule has 0 aliphatic carbocycles. The molecule has 0 N–H and O–H groups in total. The molecule has 0 aliphatic rings. The summed E-state index contributed by atoms with van der Waals surface area (Å²) in [4.78, 5) is 13.6. The first kappa shape index (κ1) is 19.0. The zero-order chi connectivity index (χ0) is 20.2. The summed E-state index contributed by atoms with van der Waals surface area (Å²) in [5.74, 6) is 2.49. The summed E-state index contributed by atoms with van der Waals surface area (Å²) in [6.07, 6.45) is 5.43. The van der Waals surface area contributed by atoms with Crippen molar-refractivity contribution in [2.75, 3.05) is 20.5 Å². The lowest BCUT2D eigenvalue weighted by molar-refractivity contribution is 0.355. The number of benzene rings is 1. The molecule has 0 spiro atoms. The number of rotatable bonds is 6. The van der Waals surface area contributed by atoms with E-state index in [2.05, 4.69) is 9.97 Å². The van der Waals surface area contributed by atoms with Gasteiger partial charge < -0.3 is 14.2 Å². The fraction of sp³-hybridized carbons (Fsp3) is 0.136. The van der Waals surface area contributed by atoms with Gasteiger partial charge in [0.2, 0.25) is 0 Å². The molecule has 7 heteroatoms. The Bertz CT molecular complexity index is 1150. The van der Waals surface area contributed by atoms with Crippen molar-refractivity contribution in [3.63, 3.8) is 0 Å². The smallest absolute Gasteiger partial charge is 0.162 e. The van der Waals surface area contributed by atoms with Crippen molar-refractivity contribution < 1.29 is 14.2 Å². The fourth-order valence-corrected chi connectivity index (χ4v) is 3.35. The first-order valence-electron chi connectivity index (χ1n) is 8.88. The number of methoxy groups -OCH3 is 2. The van der Waals surface area contributed by atoms with Gasteiger partial charge in [-0.25, -0.2) is 4.98 Å². The molecule has 0 radical (unpaired) electrons. The average Bonchev–Trinajstić information content (AvgIpc) is 2.79. The molecule has 0 fully saturated rings. The summed E-state index contributed by atoms with van der Waals surface area (Å²) in [5, 5.41) is 1.70. The number of aromatic nitrogens is 3. The van der Waals surface area contributed by atoms with Crippen LogP contribution in [0.2, 0.25) is 0 Å². The molecular weight excluding hydrogens is 386 g/mol. The van der Waals surface area contributed by atoms with Gasteiger partial charge in [-0.05, 0) is 42.7 Å². The van der Waals surface area contributed by atoms with Gasteiger partial charge in [0.15, 0.2) is 17.2 Å². The number of hydrogen-bond acceptors (Lipinski definition) is 7. The van der Waals surface area contributed by atoms with Gasteiger partial charge >= 0.3 is 0 Å². The lowest BCUT2D eigenvalue weighted by Gasteiger charge is -2.14. The number of fused-ring (bicyclic) bond motifs is 1. The molecular formula is C22H19N3O3S. The van der Waals surface area contributed by atoms with Crippen LogP contribution >= 0.6 is 11.8 Å². The van der Waals surface area contributed by atoms with Gasteiger partial charge in [-0.2, -0.15) is 0 Å².